The van der Waals surface area contributed by atoms with Crippen LogP contribution in [0.2, 0.25) is 5.02 Å². The van der Waals surface area contributed by atoms with Crippen molar-refractivity contribution >= 4 is 23.4 Å². The maximum atomic E-state index is 12.9. The molecule has 0 saturated carbocycles. The molecule has 5 nitrogen and oxygen atoms in total. The topological polar surface area (TPSA) is 69.6 Å². The van der Waals surface area contributed by atoms with E-state index in [1.807, 2.05) is 30.3 Å². The third-order valence-electron chi connectivity index (χ3n) is 4.82. The number of amides is 2. The van der Waals surface area contributed by atoms with Crippen molar-refractivity contribution in [2.45, 2.75) is 12.0 Å². The summed E-state index contributed by atoms with van der Waals surface area (Å²) in [6.07, 6.45) is 0. The molecule has 140 valence electrons. The quantitative estimate of drug-likeness (QED) is 0.658. The Morgan fingerprint density at radius 1 is 0.893 bits per heavy atom. The van der Waals surface area contributed by atoms with E-state index in [9.17, 15) is 14.7 Å². The van der Waals surface area contributed by atoms with Gasteiger partial charge in [0.1, 0.15) is 5.75 Å². The number of aromatic hydroxyl groups is 1. The number of hydrogen-bond acceptors (Lipinski definition) is 3. The monoisotopic (exact) mass is 392 g/mol. The fourth-order valence-corrected chi connectivity index (χ4v) is 3.51. The Bertz CT molecular complexity index is 1000. The van der Waals surface area contributed by atoms with Crippen LogP contribution in [0.15, 0.2) is 78.9 Å². The number of phenolic OH excluding ortho intramolecular Hbond substituents is 1. The second-order valence-corrected chi connectivity index (χ2v) is 7.02. The van der Waals surface area contributed by atoms with Gasteiger partial charge in [-0.2, -0.15) is 0 Å². The minimum absolute atomic E-state index is 0.141. The summed E-state index contributed by atoms with van der Waals surface area (Å²) in [6.45, 7) is 0. The first kappa shape index (κ1) is 18.1. The molecule has 6 heteroatoms. The van der Waals surface area contributed by atoms with Crippen LogP contribution < -0.4 is 5.43 Å². The molecule has 0 unspecified atom stereocenters. The minimum atomic E-state index is -0.406. The lowest BCUT2D eigenvalue weighted by atomic mass is 9.79. The summed E-state index contributed by atoms with van der Waals surface area (Å²) in [5.41, 5.74) is 4.81. The van der Waals surface area contributed by atoms with E-state index in [1.54, 1.807) is 48.5 Å². The number of phenols is 1. The lowest BCUT2D eigenvalue weighted by Gasteiger charge is -2.47. The van der Waals surface area contributed by atoms with Crippen LogP contribution >= 0.6 is 11.6 Å². The van der Waals surface area contributed by atoms with E-state index in [2.05, 4.69) is 5.43 Å². The van der Waals surface area contributed by atoms with Gasteiger partial charge < -0.3 is 5.11 Å². The molecule has 0 aliphatic carbocycles. The summed E-state index contributed by atoms with van der Waals surface area (Å²) in [4.78, 5) is 25.5. The molecule has 2 atom stereocenters. The molecule has 28 heavy (non-hydrogen) atoms. The van der Waals surface area contributed by atoms with Gasteiger partial charge in [0.05, 0.1) is 12.0 Å². The summed E-state index contributed by atoms with van der Waals surface area (Å²) < 4.78 is 0. The molecular weight excluding hydrogens is 376 g/mol. The van der Waals surface area contributed by atoms with Crippen LogP contribution in [0.1, 0.15) is 33.4 Å². The Morgan fingerprint density at radius 3 is 2.18 bits per heavy atom. The average Bonchev–Trinajstić information content (AvgIpc) is 2.72. The Balaban J connectivity index is 1.63. The SMILES string of the molecule is O=C(NN1C(=O)[C@@H](c2ccccc2)[C@@H]1c1ccc(O)cc1)c1ccc(Cl)cc1. The lowest BCUT2D eigenvalue weighted by Crippen LogP contribution is -2.60. The van der Waals surface area contributed by atoms with E-state index in [1.165, 1.54) is 5.01 Å². The van der Waals surface area contributed by atoms with Crippen LogP contribution in [0.5, 0.6) is 5.75 Å². The number of β-lactam (4-membered cyclic amide) rings is 1. The second-order valence-electron chi connectivity index (χ2n) is 6.58. The van der Waals surface area contributed by atoms with Crippen LogP contribution in [-0.2, 0) is 4.79 Å². The first-order valence-electron chi connectivity index (χ1n) is 8.78. The van der Waals surface area contributed by atoms with Crippen LogP contribution in [0, 0.1) is 0 Å². The van der Waals surface area contributed by atoms with E-state index in [-0.39, 0.29) is 23.6 Å². The van der Waals surface area contributed by atoms with Gasteiger partial charge in [-0.1, -0.05) is 54.1 Å². The van der Waals surface area contributed by atoms with Crippen LogP contribution in [0.4, 0.5) is 0 Å². The van der Waals surface area contributed by atoms with Crippen LogP contribution in [0.3, 0.4) is 0 Å². The standard InChI is InChI=1S/C22H17ClN2O3/c23-17-10-6-16(7-11-17)21(27)24-25-20(15-8-12-18(26)13-9-15)19(22(25)28)14-4-2-1-3-5-14/h1-13,19-20,26H,(H,24,27)/t19-,20-/m0/s1. The van der Waals surface area contributed by atoms with Crippen LogP contribution in [-0.4, -0.2) is 21.9 Å². The summed E-state index contributed by atoms with van der Waals surface area (Å²) in [6, 6.07) is 22.2. The van der Waals surface area contributed by atoms with Crippen molar-refractivity contribution in [3.05, 3.63) is 101 Å². The fourth-order valence-electron chi connectivity index (χ4n) is 3.39. The summed E-state index contributed by atoms with van der Waals surface area (Å²) in [5, 5.41) is 11.5. The molecular formula is C22H17ClN2O3. The van der Waals surface area contributed by atoms with Crippen molar-refractivity contribution in [2.24, 2.45) is 0 Å². The van der Waals surface area contributed by atoms with E-state index in [0.717, 1.165) is 11.1 Å². The number of hydrazine groups is 1. The highest BCUT2D eigenvalue weighted by Gasteiger charge is 2.50. The van der Waals surface area contributed by atoms with Crippen molar-refractivity contribution < 1.29 is 14.7 Å². The number of halogens is 1. The highest BCUT2D eigenvalue weighted by atomic mass is 35.5. The Kier molecular flexibility index (Phi) is 4.75. The second kappa shape index (κ2) is 7.37. The number of carbonyl (C=O) groups is 2. The molecule has 3 aromatic carbocycles. The van der Waals surface area contributed by atoms with Crippen molar-refractivity contribution in [1.29, 1.82) is 0 Å². The molecule has 4 rings (SSSR count). The van der Waals surface area contributed by atoms with Gasteiger partial charge in [-0.3, -0.25) is 15.0 Å². The predicted octanol–water partition coefficient (Wildman–Crippen LogP) is 4.06. The van der Waals surface area contributed by atoms with Crippen molar-refractivity contribution in [2.75, 3.05) is 0 Å². The van der Waals surface area contributed by atoms with Crippen LogP contribution in [0.25, 0.3) is 0 Å². The smallest absolute Gasteiger partial charge is 0.269 e. The van der Waals surface area contributed by atoms with Gasteiger partial charge in [0.2, 0.25) is 0 Å². The average molecular weight is 393 g/mol. The molecule has 0 radical (unpaired) electrons. The predicted molar refractivity (Wildman–Crippen MR) is 106 cm³/mol. The number of benzene rings is 3. The number of nitrogens with zero attached hydrogens (tertiary/aromatic N) is 1. The molecule has 1 aliphatic heterocycles. The Labute approximate surface area is 167 Å². The first-order chi connectivity index (χ1) is 13.5. The normalized spacial score (nSPS) is 18.5. The molecule has 0 spiro atoms. The zero-order valence-corrected chi connectivity index (χ0v) is 15.5. The van der Waals surface area contributed by atoms with E-state index in [4.69, 9.17) is 11.6 Å². The van der Waals surface area contributed by atoms with Crippen molar-refractivity contribution in [3.63, 3.8) is 0 Å². The molecule has 2 N–H and O–H groups in total. The molecule has 2 amide bonds. The highest BCUT2D eigenvalue weighted by molar-refractivity contribution is 6.30. The third-order valence-corrected chi connectivity index (χ3v) is 5.07. The number of carbonyl (C=O) groups excluding carboxylic acids is 2. The lowest BCUT2D eigenvalue weighted by molar-refractivity contribution is -0.154. The molecule has 1 saturated heterocycles. The molecule has 1 aliphatic rings. The Morgan fingerprint density at radius 2 is 1.54 bits per heavy atom. The fraction of sp³-hybridized carbons (Fsp3) is 0.0909. The molecule has 0 bridgehead atoms. The summed E-state index contributed by atoms with van der Waals surface area (Å²) in [5.74, 6) is -0.842. The molecule has 1 heterocycles. The highest BCUT2D eigenvalue weighted by Crippen LogP contribution is 2.45. The Hall–Kier alpha value is -3.31. The molecule has 3 aromatic rings. The van der Waals surface area contributed by atoms with Gasteiger partial charge in [-0.25, -0.2) is 5.01 Å². The number of rotatable bonds is 4. The van der Waals surface area contributed by atoms with E-state index < -0.39 is 5.92 Å². The van der Waals surface area contributed by atoms with Gasteiger partial charge in [-0.05, 0) is 47.5 Å². The van der Waals surface area contributed by atoms with Gasteiger partial charge in [-0.15, -0.1) is 0 Å². The van der Waals surface area contributed by atoms with E-state index >= 15 is 0 Å². The number of nitrogens with one attached hydrogen (secondary N) is 1. The van der Waals surface area contributed by atoms with Crippen molar-refractivity contribution in [3.8, 4) is 5.75 Å². The maximum absolute atomic E-state index is 12.9. The number of hydrogen-bond donors (Lipinski definition) is 2. The van der Waals surface area contributed by atoms with Gasteiger partial charge in [0, 0.05) is 10.6 Å². The maximum Gasteiger partial charge on any atom is 0.269 e. The molecule has 1 fully saturated rings. The van der Waals surface area contributed by atoms with Crippen molar-refractivity contribution in [1.82, 2.24) is 10.4 Å². The van der Waals surface area contributed by atoms with Gasteiger partial charge in [0.25, 0.3) is 11.8 Å². The van der Waals surface area contributed by atoms with Gasteiger partial charge >= 0.3 is 0 Å². The largest absolute Gasteiger partial charge is 0.508 e. The molecule has 0 aromatic heterocycles. The minimum Gasteiger partial charge on any atom is -0.508 e. The third kappa shape index (κ3) is 3.32. The van der Waals surface area contributed by atoms with E-state index in [0.29, 0.717) is 10.6 Å². The first-order valence-corrected chi connectivity index (χ1v) is 9.16. The summed E-state index contributed by atoms with van der Waals surface area (Å²) >= 11 is 5.87. The summed E-state index contributed by atoms with van der Waals surface area (Å²) in [7, 11) is 0. The van der Waals surface area contributed by atoms with Gasteiger partial charge in [0.15, 0.2) is 0 Å². The zero-order valence-electron chi connectivity index (χ0n) is 14.7. The zero-order chi connectivity index (χ0) is 19.7.